The fraction of sp³-hybridized carbons (Fsp3) is 0.364. The highest BCUT2D eigenvalue weighted by Crippen LogP contribution is 2.52. The van der Waals surface area contributed by atoms with Crippen molar-refractivity contribution in [2.75, 3.05) is 18.6 Å². The SMILES string of the molecule is CCOC(=O)[C@H]1[C@H]2NC(=S)N(c3ccccc3C)[C@@]1(C)Oc1c(OC)cccc12. The van der Waals surface area contributed by atoms with Gasteiger partial charge in [0.05, 0.1) is 19.8 Å². The van der Waals surface area contributed by atoms with Crippen molar-refractivity contribution in [1.29, 1.82) is 0 Å². The topological polar surface area (TPSA) is 60.0 Å². The van der Waals surface area contributed by atoms with Crippen LogP contribution in [0.25, 0.3) is 0 Å². The molecule has 2 aromatic rings. The second kappa shape index (κ2) is 7.22. The Morgan fingerprint density at radius 1 is 1.28 bits per heavy atom. The van der Waals surface area contributed by atoms with Gasteiger partial charge in [0, 0.05) is 11.3 Å². The molecule has 0 spiro atoms. The highest BCUT2D eigenvalue weighted by atomic mass is 32.1. The van der Waals surface area contributed by atoms with Gasteiger partial charge in [-0.2, -0.15) is 0 Å². The molecule has 6 nitrogen and oxygen atoms in total. The van der Waals surface area contributed by atoms with E-state index in [1.54, 1.807) is 14.0 Å². The third-order valence-electron chi connectivity index (χ3n) is 5.61. The maximum absolute atomic E-state index is 13.1. The number of anilines is 1. The molecule has 3 atom stereocenters. The van der Waals surface area contributed by atoms with Gasteiger partial charge in [0.2, 0.25) is 5.72 Å². The number of para-hydroxylation sites is 2. The lowest BCUT2D eigenvalue weighted by Crippen LogP contribution is -2.72. The van der Waals surface area contributed by atoms with E-state index < -0.39 is 11.6 Å². The quantitative estimate of drug-likeness (QED) is 0.607. The van der Waals surface area contributed by atoms with E-state index in [4.69, 9.17) is 26.4 Å². The van der Waals surface area contributed by atoms with Crippen molar-refractivity contribution in [2.24, 2.45) is 5.92 Å². The van der Waals surface area contributed by atoms with E-state index in [-0.39, 0.29) is 18.6 Å². The lowest BCUT2D eigenvalue weighted by molar-refractivity contribution is -0.159. The largest absolute Gasteiger partial charge is 0.493 e. The minimum atomic E-state index is -1.09. The summed E-state index contributed by atoms with van der Waals surface area (Å²) in [5, 5.41) is 3.87. The number of hydrogen-bond acceptors (Lipinski definition) is 5. The summed E-state index contributed by atoms with van der Waals surface area (Å²) < 4.78 is 17.5. The van der Waals surface area contributed by atoms with E-state index in [2.05, 4.69) is 5.32 Å². The molecular formula is C22H24N2O4S. The second-order valence-electron chi connectivity index (χ2n) is 7.31. The number of nitrogens with one attached hydrogen (secondary N) is 1. The zero-order chi connectivity index (χ0) is 20.8. The van der Waals surface area contributed by atoms with Gasteiger partial charge >= 0.3 is 5.97 Å². The number of rotatable bonds is 4. The summed E-state index contributed by atoms with van der Waals surface area (Å²) in [6, 6.07) is 13.1. The molecule has 152 valence electrons. The molecule has 1 N–H and O–H groups in total. The number of carbonyl (C=O) groups excluding carboxylic acids is 1. The van der Waals surface area contributed by atoms with Gasteiger partial charge in [-0.15, -0.1) is 0 Å². The number of methoxy groups -OCH3 is 1. The number of ether oxygens (including phenoxy) is 3. The Labute approximate surface area is 175 Å². The van der Waals surface area contributed by atoms with Gasteiger partial charge in [-0.3, -0.25) is 9.69 Å². The molecule has 4 rings (SSSR count). The molecule has 2 aliphatic heterocycles. The molecule has 2 aromatic carbocycles. The first kappa shape index (κ1) is 19.5. The van der Waals surface area contributed by atoms with E-state index in [0.29, 0.717) is 16.6 Å². The van der Waals surface area contributed by atoms with Crippen LogP contribution in [-0.2, 0) is 9.53 Å². The number of benzene rings is 2. The Balaban J connectivity index is 1.94. The minimum absolute atomic E-state index is 0.290. The number of thiocarbonyl (C=S) groups is 1. The summed E-state index contributed by atoms with van der Waals surface area (Å²) in [6.07, 6.45) is 0. The van der Waals surface area contributed by atoms with Crippen molar-refractivity contribution in [3.8, 4) is 11.5 Å². The first-order valence-corrected chi connectivity index (χ1v) is 10.0. The zero-order valence-corrected chi connectivity index (χ0v) is 17.7. The van der Waals surface area contributed by atoms with Crippen molar-refractivity contribution in [2.45, 2.75) is 32.5 Å². The van der Waals surface area contributed by atoms with Gasteiger partial charge in [0.25, 0.3) is 0 Å². The Morgan fingerprint density at radius 3 is 2.72 bits per heavy atom. The van der Waals surface area contributed by atoms with Crippen LogP contribution in [0.5, 0.6) is 11.5 Å². The molecule has 2 bridgehead atoms. The van der Waals surface area contributed by atoms with Crippen LogP contribution in [0.4, 0.5) is 5.69 Å². The van der Waals surface area contributed by atoms with Crippen molar-refractivity contribution < 1.29 is 19.0 Å². The Hall–Kier alpha value is -2.80. The molecule has 7 heteroatoms. The molecule has 0 amide bonds. The van der Waals surface area contributed by atoms with Gasteiger partial charge in [0.15, 0.2) is 16.6 Å². The van der Waals surface area contributed by atoms with Crippen LogP contribution in [0, 0.1) is 12.8 Å². The monoisotopic (exact) mass is 412 g/mol. The Bertz CT molecular complexity index is 979. The summed E-state index contributed by atoms with van der Waals surface area (Å²) in [7, 11) is 1.60. The molecule has 2 heterocycles. The number of esters is 1. The standard InChI is InChI=1S/C22H24N2O4S/c1-5-27-20(25)17-18-14-10-8-12-16(26-4)19(14)28-22(17,3)24(21(29)23-18)15-11-7-6-9-13(15)2/h6-12,17-18H,5H2,1-4H3,(H,23,29)/t17-,18+,22+/m1/s1. The average molecular weight is 413 g/mol. The highest BCUT2D eigenvalue weighted by Gasteiger charge is 2.60. The summed E-state index contributed by atoms with van der Waals surface area (Å²) in [6.45, 7) is 5.98. The molecule has 0 aromatic heterocycles. The van der Waals surface area contributed by atoms with Gasteiger partial charge in [-0.25, -0.2) is 0 Å². The summed E-state index contributed by atoms with van der Waals surface area (Å²) >= 11 is 5.74. The lowest BCUT2D eigenvalue weighted by atomic mass is 9.79. The first-order valence-electron chi connectivity index (χ1n) is 9.61. The van der Waals surface area contributed by atoms with Crippen LogP contribution < -0.4 is 19.7 Å². The maximum Gasteiger partial charge on any atom is 0.317 e. The normalized spacial score (nSPS) is 24.8. The van der Waals surface area contributed by atoms with Crippen LogP contribution in [-0.4, -0.2) is 30.5 Å². The zero-order valence-electron chi connectivity index (χ0n) is 16.9. The van der Waals surface area contributed by atoms with E-state index >= 15 is 0 Å². The van der Waals surface area contributed by atoms with Gasteiger partial charge in [-0.1, -0.05) is 30.3 Å². The molecule has 2 aliphatic rings. The minimum Gasteiger partial charge on any atom is -0.493 e. The summed E-state index contributed by atoms with van der Waals surface area (Å²) in [5.41, 5.74) is 1.63. The fourth-order valence-electron chi connectivity index (χ4n) is 4.30. The van der Waals surface area contributed by atoms with E-state index in [1.807, 2.05) is 61.2 Å². The Kier molecular flexibility index (Phi) is 4.86. The average Bonchev–Trinajstić information content (AvgIpc) is 2.68. The maximum atomic E-state index is 13.1. The molecule has 29 heavy (non-hydrogen) atoms. The second-order valence-corrected chi connectivity index (χ2v) is 7.70. The van der Waals surface area contributed by atoms with Gasteiger partial charge < -0.3 is 19.5 Å². The van der Waals surface area contributed by atoms with Crippen LogP contribution in [0.3, 0.4) is 0 Å². The fourth-order valence-corrected chi connectivity index (χ4v) is 4.71. The number of fused-ring (bicyclic) bond motifs is 4. The number of nitrogens with zero attached hydrogens (tertiary/aromatic N) is 1. The van der Waals surface area contributed by atoms with Crippen molar-refractivity contribution >= 4 is 29.0 Å². The van der Waals surface area contributed by atoms with Crippen LogP contribution in [0.1, 0.15) is 31.0 Å². The van der Waals surface area contributed by atoms with Crippen LogP contribution in [0.15, 0.2) is 42.5 Å². The third kappa shape index (κ3) is 2.92. The predicted molar refractivity (Wildman–Crippen MR) is 114 cm³/mol. The molecule has 0 saturated carbocycles. The smallest absolute Gasteiger partial charge is 0.317 e. The molecule has 0 unspecified atom stereocenters. The van der Waals surface area contributed by atoms with E-state index in [1.165, 1.54) is 0 Å². The van der Waals surface area contributed by atoms with E-state index in [0.717, 1.165) is 16.8 Å². The molecule has 0 aliphatic carbocycles. The molecular weight excluding hydrogens is 388 g/mol. The van der Waals surface area contributed by atoms with E-state index in [9.17, 15) is 4.79 Å². The molecule has 0 radical (unpaired) electrons. The van der Waals surface area contributed by atoms with Crippen LogP contribution >= 0.6 is 12.2 Å². The number of aryl methyl sites for hydroxylation is 1. The van der Waals surface area contributed by atoms with Gasteiger partial charge in [0.1, 0.15) is 5.92 Å². The number of hydrogen-bond donors (Lipinski definition) is 1. The van der Waals surface area contributed by atoms with Gasteiger partial charge in [-0.05, 0) is 50.7 Å². The summed E-state index contributed by atoms with van der Waals surface area (Å²) in [5.74, 6) is 0.257. The van der Waals surface area contributed by atoms with Crippen LogP contribution in [0.2, 0.25) is 0 Å². The van der Waals surface area contributed by atoms with Crippen molar-refractivity contribution in [1.82, 2.24) is 5.32 Å². The lowest BCUT2D eigenvalue weighted by Gasteiger charge is -2.55. The third-order valence-corrected chi connectivity index (χ3v) is 5.91. The first-order chi connectivity index (χ1) is 13.9. The van der Waals surface area contributed by atoms with Crippen molar-refractivity contribution in [3.63, 3.8) is 0 Å². The predicted octanol–water partition coefficient (Wildman–Crippen LogP) is 3.73. The number of carbonyl (C=O) groups is 1. The highest BCUT2D eigenvalue weighted by molar-refractivity contribution is 7.80. The summed E-state index contributed by atoms with van der Waals surface area (Å²) in [4.78, 5) is 15.0. The molecule has 1 saturated heterocycles. The van der Waals surface area contributed by atoms with Crippen molar-refractivity contribution in [3.05, 3.63) is 53.6 Å². The Morgan fingerprint density at radius 2 is 2.03 bits per heavy atom. The molecule has 1 fully saturated rings.